The van der Waals surface area contributed by atoms with Crippen molar-refractivity contribution in [1.29, 1.82) is 0 Å². The molecule has 1 unspecified atom stereocenters. The average Bonchev–Trinajstić information content (AvgIpc) is 3.11. The van der Waals surface area contributed by atoms with Crippen LogP contribution in [0.1, 0.15) is 41.8 Å². The predicted octanol–water partition coefficient (Wildman–Crippen LogP) is 5.50. The standard InChI is InChI=1S/C19H17ClFN3OS.ClH/c20-14-11-13(7-8-15(14)21)26-16(12-5-2-1-3-6-12)17-23-18(24-25-17)19(22)9-4-10-19;/h1-3,5-8,11,16H,4,9-10,22H2;1H. The Labute approximate surface area is 172 Å². The molecule has 4 nitrogen and oxygen atoms in total. The maximum absolute atomic E-state index is 13.5. The van der Waals surface area contributed by atoms with E-state index in [1.807, 2.05) is 30.3 Å². The summed E-state index contributed by atoms with van der Waals surface area (Å²) >= 11 is 7.40. The van der Waals surface area contributed by atoms with E-state index in [4.69, 9.17) is 21.9 Å². The molecule has 2 N–H and O–H groups in total. The van der Waals surface area contributed by atoms with E-state index < -0.39 is 11.4 Å². The van der Waals surface area contributed by atoms with Crippen LogP contribution in [0.3, 0.4) is 0 Å². The van der Waals surface area contributed by atoms with Crippen LogP contribution in [-0.4, -0.2) is 10.1 Å². The number of nitrogens with zero attached hydrogens (tertiary/aromatic N) is 2. The topological polar surface area (TPSA) is 64.9 Å². The average molecular weight is 426 g/mol. The Bertz CT molecular complexity index is 918. The van der Waals surface area contributed by atoms with Crippen molar-refractivity contribution in [3.8, 4) is 0 Å². The summed E-state index contributed by atoms with van der Waals surface area (Å²) in [7, 11) is 0. The van der Waals surface area contributed by atoms with Crippen molar-refractivity contribution < 1.29 is 8.91 Å². The maximum Gasteiger partial charge on any atom is 0.244 e. The fourth-order valence-electron chi connectivity index (χ4n) is 2.90. The van der Waals surface area contributed by atoms with Gasteiger partial charge in [0.25, 0.3) is 0 Å². The number of hydrogen-bond acceptors (Lipinski definition) is 5. The van der Waals surface area contributed by atoms with E-state index in [0.29, 0.717) is 11.7 Å². The number of aromatic nitrogens is 2. The van der Waals surface area contributed by atoms with Crippen molar-refractivity contribution in [3.05, 3.63) is 76.6 Å². The van der Waals surface area contributed by atoms with E-state index in [-0.39, 0.29) is 22.7 Å². The molecule has 1 saturated carbocycles. The van der Waals surface area contributed by atoms with Crippen LogP contribution in [0.15, 0.2) is 57.9 Å². The lowest BCUT2D eigenvalue weighted by atomic mass is 9.77. The van der Waals surface area contributed by atoms with Gasteiger partial charge in [-0.3, -0.25) is 0 Å². The summed E-state index contributed by atoms with van der Waals surface area (Å²) in [5.41, 5.74) is 6.84. The lowest BCUT2D eigenvalue weighted by molar-refractivity contribution is 0.229. The molecule has 0 bridgehead atoms. The second-order valence-electron chi connectivity index (χ2n) is 6.45. The summed E-state index contributed by atoms with van der Waals surface area (Å²) in [5.74, 6) is 0.591. The highest BCUT2D eigenvalue weighted by atomic mass is 35.5. The second-order valence-corrected chi connectivity index (χ2v) is 8.04. The molecule has 27 heavy (non-hydrogen) atoms. The first-order chi connectivity index (χ1) is 12.5. The van der Waals surface area contributed by atoms with Gasteiger partial charge in [-0.1, -0.05) is 47.1 Å². The third kappa shape index (κ3) is 4.14. The third-order valence-corrected chi connectivity index (χ3v) is 6.13. The summed E-state index contributed by atoms with van der Waals surface area (Å²) in [6.07, 6.45) is 2.80. The summed E-state index contributed by atoms with van der Waals surface area (Å²) in [6, 6.07) is 14.5. The molecule has 1 heterocycles. The van der Waals surface area contributed by atoms with Gasteiger partial charge in [-0.15, -0.1) is 24.2 Å². The first-order valence-electron chi connectivity index (χ1n) is 8.35. The third-order valence-electron chi connectivity index (χ3n) is 4.60. The molecule has 142 valence electrons. The predicted molar refractivity (Wildman–Crippen MR) is 107 cm³/mol. The minimum absolute atomic E-state index is 0. The van der Waals surface area contributed by atoms with Gasteiger partial charge in [0.1, 0.15) is 11.1 Å². The van der Waals surface area contributed by atoms with E-state index in [1.165, 1.54) is 17.8 Å². The number of hydrogen-bond donors (Lipinski definition) is 1. The Hall–Kier alpha value is -1.60. The largest absolute Gasteiger partial charge is 0.338 e. The summed E-state index contributed by atoms with van der Waals surface area (Å²) < 4.78 is 19.0. The van der Waals surface area contributed by atoms with Gasteiger partial charge < -0.3 is 10.3 Å². The molecule has 3 aromatic rings. The summed E-state index contributed by atoms with van der Waals surface area (Å²) in [6.45, 7) is 0. The Kier molecular flexibility index (Phi) is 6.11. The first-order valence-corrected chi connectivity index (χ1v) is 9.60. The van der Waals surface area contributed by atoms with Gasteiger partial charge in [0.2, 0.25) is 5.89 Å². The van der Waals surface area contributed by atoms with Crippen molar-refractivity contribution in [2.45, 2.75) is 34.9 Å². The lowest BCUT2D eigenvalue weighted by Gasteiger charge is -2.34. The highest BCUT2D eigenvalue weighted by molar-refractivity contribution is 7.99. The Morgan fingerprint density at radius 2 is 1.93 bits per heavy atom. The van der Waals surface area contributed by atoms with Gasteiger partial charge in [-0.2, -0.15) is 4.98 Å². The van der Waals surface area contributed by atoms with Crippen LogP contribution < -0.4 is 5.73 Å². The highest BCUT2D eigenvalue weighted by Gasteiger charge is 2.39. The molecule has 0 amide bonds. The molecule has 1 atom stereocenters. The van der Waals surface area contributed by atoms with E-state index in [9.17, 15) is 4.39 Å². The molecule has 2 aromatic carbocycles. The molecule has 0 radical (unpaired) electrons. The summed E-state index contributed by atoms with van der Waals surface area (Å²) in [4.78, 5) is 5.40. The van der Waals surface area contributed by atoms with Gasteiger partial charge >= 0.3 is 0 Å². The number of halogens is 3. The van der Waals surface area contributed by atoms with Crippen LogP contribution in [0, 0.1) is 5.82 Å². The smallest absolute Gasteiger partial charge is 0.244 e. The van der Waals surface area contributed by atoms with Gasteiger partial charge in [0, 0.05) is 4.90 Å². The van der Waals surface area contributed by atoms with Crippen LogP contribution in [0.5, 0.6) is 0 Å². The van der Waals surface area contributed by atoms with E-state index in [2.05, 4.69) is 10.1 Å². The highest BCUT2D eigenvalue weighted by Crippen LogP contribution is 2.42. The zero-order chi connectivity index (χ0) is 18.1. The minimum atomic E-state index is -0.479. The minimum Gasteiger partial charge on any atom is -0.338 e. The SMILES string of the molecule is Cl.NC1(c2noc(C(Sc3ccc(F)c(Cl)c3)c3ccccc3)n2)CCC1. The van der Waals surface area contributed by atoms with Crippen molar-refractivity contribution in [3.63, 3.8) is 0 Å². The van der Waals surface area contributed by atoms with Crippen LogP contribution in [0.4, 0.5) is 4.39 Å². The van der Waals surface area contributed by atoms with Gasteiger partial charge in [0.15, 0.2) is 5.82 Å². The fraction of sp³-hybridized carbons (Fsp3) is 0.263. The zero-order valence-electron chi connectivity index (χ0n) is 14.3. The molecule has 0 spiro atoms. The lowest BCUT2D eigenvalue weighted by Crippen LogP contribution is -2.44. The quantitative estimate of drug-likeness (QED) is 0.546. The molecule has 0 saturated heterocycles. The van der Waals surface area contributed by atoms with Crippen molar-refractivity contribution in [2.75, 3.05) is 0 Å². The number of rotatable bonds is 5. The second kappa shape index (κ2) is 8.19. The van der Waals surface area contributed by atoms with E-state index in [0.717, 1.165) is 29.7 Å². The molecular formula is C19H18Cl2FN3OS. The number of benzene rings is 2. The molecule has 1 aromatic heterocycles. The van der Waals surface area contributed by atoms with Gasteiger partial charge in [-0.25, -0.2) is 4.39 Å². The Morgan fingerprint density at radius 3 is 2.56 bits per heavy atom. The normalized spacial score (nSPS) is 16.3. The molecule has 1 aliphatic carbocycles. The molecule has 0 aliphatic heterocycles. The summed E-state index contributed by atoms with van der Waals surface area (Å²) in [5, 5.41) is 3.97. The van der Waals surface area contributed by atoms with Gasteiger partial charge in [0.05, 0.1) is 10.6 Å². The Morgan fingerprint density at radius 1 is 1.19 bits per heavy atom. The van der Waals surface area contributed by atoms with Crippen LogP contribution in [0.25, 0.3) is 0 Å². The van der Waals surface area contributed by atoms with Crippen LogP contribution in [-0.2, 0) is 5.54 Å². The van der Waals surface area contributed by atoms with Crippen molar-refractivity contribution in [2.24, 2.45) is 5.73 Å². The molecular weight excluding hydrogens is 408 g/mol. The Balaban J connectivity index is 0.00000210. The van der Waals surface area contributed by atoms with E-state index in [1.54, 1.807) is 12.1 Å². The van der Waals surface area contributed by atoms with E-state index >= 15 is 0 Å². The van der Waals surface area contributed by atoms with Crippen LogP contribution >= 0.6 is 35.8 Å². The monoisotopic (exact) mass is 425 g/mol. The first kappa shape index (κ1) is 20.1. The molecule has 8 heteroatoms. The molecule has 1 fully saturated rings. The number of thioether (sulfide) groups is 1. The van der Waals surface area contributed by atoms with Crippen molar-refractivity contribution >= 4 is 35.8 Å². The maximum atomic E-state index is 13.5. The van der Waals surface area contributed by atoms with Crippen LogP contribution in [0.2, 0.25) is 5.02 Å². The number of nitrogens with two attached hydrogens (primary N) is 1. The van der Waals surface area contributed by atoms with Crippen molar-refractivity contribution in [1.82, 2.24) is 10.1 Å². The molecule has 4 rings (SSSR count). The fourth-order valence-corrected chi connectivity index (χ4v) is 4.24. The van der Waals surface area contributed by atoms with Gasteiger partial charge in [-0.05, 0) is 43.0 Å². The molecule has 1 aliphatic rings. The zero-order valence-corrected chi connectivity index (χ0v) is 16.7.